The van der Waals surface area contributed by atoms with E-state index in [0.29, 0.717) is 27.5 Å². The van der Waals surface area contributed by atoms with E-state index in [-0.39, 0.29) is 0 Å². The predicted octanol–water partition coefficient (Wildman–Crippen LogP) is 5.59. The van der Waals surface area contributed by atoms with Crippen molar-refractivity contribution in [3.63, 3.8) is 0 Å². The third kappa shape index (κ3) is 4.53. The van der Waals surface area contributed by atoms with Gasteiger partial charge in [0, 0.05) is 22.5 Å². The first-order valence-electron chi connectivity index (χ1n) is 7.52. The largest absolute Gasteiger partial charge is 0.497 e. The summed E-state index contributed by atoms with van der Waals surface area (Å²) in [4.78, 5) is 8.87. The molecule has 25 heavy (non-hydrogen) atoms. The van der Waals surface area contributed by atoms with E-state index in [1.165, 1.54) is 0 Å². The van der Waals surface area contributed by atoms with Crippen LogP contribution in [0, 0.1) is 6.92 Å². The van der Waals surface area contributed by atoms with E-state index >= 15 is 0 Å². The number of ether oxygens (including phenoxy) is 1. The highest BCUT2D eigenvalue weighted by atomic mass is 35.5. The number of benzene rings is 2. The second-order valence-electron chi connectivity index (χ2n) is 5.32. The molecule has 3 rings (SSSR count). The zero-order valence-corrected chi connectivity index (χ0v) is 15.2. The van der Waals surface area contributed by atoms with Crippen LogP contribution < -0.4 is 15.4 Å². The van der Waals surface area contributed by atoms with Gasteiger partial charge in [0.1, 0.15) is 11.6 Å². The Morgan fingerprint density at radius 1 is 0.920 bits per heavy atom. The van der Waals surface area contributed by atoms with Gasteiger partial charge in [0.2, 0.25) is 5.95 Å². The van der Waals surface area contributed by atoms with Crippen molar-refractivity contribution in [2.45, 2.75) is 6.92 Å². The average molecular weight is 375 g/mol. The maximum atomic E-state index is 6.19. The second kappa shape index (κ2) is 7.59. The molecule has 0 saturated carbocycles. The molecule has 1 aromatic heterocycles. The minimum Gasteiger partial charge on any atom is -0.497 e. The molecule has 7 heteroatoms. The zero-order valence-electron chi connectivity index (χ0n) is 13.7. The molecule has 1 heterocycles. The number of anilines is 4. The SMILES string of the molecule is COc1ccc(Nc2nc(C)cc(Nc3cc(Cl)ccc3Cl)n2)cc1. The Kier molecular flexibility index (Phi) is 5.26. The summed E-state index contributed by atoms with van der Waals surface area (Å²) in [6.45, 7) is 1.89. The number of nitrogens with one attached hydrogen (secondary N) is 2. The maximum absolute atomic E-state index is 6.19. The first kappa shape index (κ1) is 17.3. The fourth-order valence-corrected chi connectivity index (χ4v) is 2.56. The Morgan fingerprint density at radius 2 is 1.68 bits per heavy atom. The molecule has 0 radical (unpaired) electrons. The highest BCUT2D eigenvalue weighted by Crippen LogP contribution is 2.28. The van der Waals surface area contributed by atoms with Crippen molar-refractivity contribution in [1.29, 1.82) is 0 Å². The number of nitrogens with zero attached hydrogens (tertiary/aromatic N) is 2. The van der Waals surface area contributed by atoms with Gasteiger partial charge in [-0.3, -0.25) is 0 Å². The molecule has 0 fully saturated rings. The fourth-order valence-electron chi connectivity index (χ4n) is 2.22. The van der Waals surface area contributed by atoms with Gasteiger partial charge in [0.15, 0.2) is 0 Å². The number of aromatic nitrogens is 2. The van der Waals surface area contributed by atoms with Gasteiger partial charge in [-0.05, 0) is 49.4 Å². The van der Waals surface area contributed by atoms with Crippen LogP contribution in [0.25, 0.3) is 0 Å². The topological polar surface area (TPSA) is 59.1 Å². The van der Waals surface area contributed by atoms with Gasteiger partial charge in [0.05, 0.1) is 17.8 Å². The molecule has 0 saturated heterocycles. The van der Waals surface area contributed by atoms with Gasteiger partial charge in [-0.25, -0.2) is 4.98 Å². The van der Waals surface area contributed by atoms with Gasteiger partial charge in [0.25, 0.3) is 0 Å². The van der Waals surface area contributed by atoms with Crippen molar-refractivity contribution in [3.8, 4) is 5.75 Å². The van der Waals surface area contributed by atoms with Crippen LogP contribution in [-0.2, 0) is 0 Å². The third-order valence-corrected chi connectivity index (χ3v) is 3.96. The highest BCUT2D eigenvalue weighted by molar-refractivity contribution is 6.35. The molecule has 0 aliphatic rings. The summed E-state index contributed by atoms with van der Waals surface area (Å²) in [5.41, 5.74) is 2.35. The van der Waals surface area contributed by atoms with Crippen LogP contribution in [-0.4, -0.2) is 17.1 Å². The lowest BCUT2D eigenvalue weighted by Crippen LogP contribution is -2.02. The summed E-state index contributed by atoms with van der Waals surface area (Å²) < 4.78 is 5.15. The molecular formula is C18H16Cl2N4O. The molecule has 0 atom stereocenters. The van der Waals surface area contributed by atoms with E-state index in [0.717, 1.165) is 17.1 Å². The fraction of sp³-hybridized carbons (Fsp3) is 0.111. The van der Waals surface area contributed by atoms with Crippen LogP contribution in [0.1, 0.15) is 5.69 Å². The van der Waals surface area contributed by atoms with E-state index in [1.807, 2.05) is 37.3 Å². The quantitative estimate of drug-likeness (QED) is 0.609. The van der Waals surface area contributed by atoms with Crippen LogP contribution in [0.2, 0.25) is 10.0 Å². The Bertz CT molecular complexity index is 885. The lowest BCUT2D eigenvalue weighted by Gasteiger charge is -2.11. The van der Waals surface area contributed by atoms with Crippen LogP contribution in [0.5, 0.6) is 5.75 Å². The Balaban J connectivity index is 1.83. The number of hydrogen-bond acceptors (Lipinski definition) is 5. The molecule has 2 aromatic carbocycles. The van der Waals surface area contributed by atoms with Crippen LogP contribution in [0.15, 0.2) is 48.5 Å². The van der Waals surface area contributed by atoms with E-state index in [9.17, 15) is 0 Å². The molecule has 128 valence electrons. The first-order valence-corrected chi connectivity index (χ1v) is 8.28. The number of rotatable bonds is 5. The van der Waals surface area contributed by atoms with Gasteiger partial charge in [-0.1, -0.05) is 23.2 Å². The van der Waals surface area contributed by atoms with Gasteiger partial charge in [-0.15, -0.1) is 0 Å². The standard InChI is InChI=1S/C18H16Cl2N4O/c1-11-9-17(23-16-10-12(19)3-8-15(16)20)24-18(21-11)22-13-4-6-14(25-2)7-5-13/h3-10H,1-2H3,(H2,21,22,23,24). The molecule has 0 spiro atoms. The third-order valence-electron chi connectivity index (χ3n) is 3.39. The summed E-state index contributed by atoms with van der Waals surface area (Å²) in [6, 6.07) is 14.6. The molecular weight excluding hydrogens is 359 g/mol. The van der Waals surface area contributed by atoms with Crippen molar-refractivity contribution in [1.82, 2.24) is 9.97 Å². The van der Waals surface area contributed by atoms with Gasteiger partial charge < -0.3 is 15.4 Å². The van der Waals surface area contributed by atoms with Crippen molar-refractivity contribution >= 4 is 46.3 Å². The molecule has 5 nitrogen and oxygen atoms in total. The maximum Gasteiger partial charge on any atom is 0.229 e. The van der Waals surface area contributed by atoms with Crippen molar-refractivity contribution in [3.05, 3.63) is 64.3 Å². The van der Waals surface area contributed by atoms with Crippen molar-refractivity contribution in [2.75, 3.05) is 17.7 Å². The Morgan fingerprint density at radius 3 is 2.40 bits per heavy atom. The van der Waals surface area contributed by atoms with E-state index in [1.54, 1.807) is 25.3 Å². The second-order valence-corrected chi connectivity index (χ2v) is 6.16. The van der Waals surface area contributed by atoms with E-state index in [2.05, 4.69) is 20.6 Å². The van der Waals surface area contributed by atoms with E-state index in [4.69, 9.17) is 27.9 Å². The molecule has 0 aliphatic heterocycles. The number of methoxy groups -OCH3 is 1. The smallest absolute Gasteiger partial charge is 0.229 e. The van der Waals surface area contributed by atoms with Crippen LogP contribution in [0.4, 0.5) is 23.1 Å². The molecule has 0 bridgehead atoms. The molecule has 0 unspecified atom stereocenters. The highest BCUT2D eigenvalue weighted by Gasteiger charge is 2.07. The lowest BCUT2D eigenvalue weighted by molar-refractivity contribution is 0.415. The van der Waals surface area contributed by atoms with Gasteiger partial charge >= 0.3 is 0 Å². The normalized spacial score (nSPS) is 10.4. The number of aryl methyl sites for hydroxylation is 1. The minimum atomic E-state index is 0.478. The summed E-state index contributed by atoms with van der Waals surface area (Å²) in [5, 5.41) is 7.49. The Hall–Kier alpha value is -2.50. The van der Waals surface area contributed by atoms with Crippen molar-refractivity contribution in [2.24, 2.45) is 0 Å². The summed E-state index contributed by atoms with van der Waals surface area (Å²) >= 11 is 12.2. The lowest BCUT2D eigenvalue weighted by atomic mass is 10.3. The number of halogens is 2. The average Bonchev–Trinajstić information content (AvgIpc) is 2.58. The Labute approximate surface area is 156 Å². The van der Waals surface area contributed by atoms with Crippen LogP contribution in [0.3, 0.4) is 0 Å². The summed E-state index contributed by atoms with van der Waals surface area (Å²) in [5.74, 6) is 1.88. The first-order chi connectivity index (χ1) is 12.0. The number of hydrogen-bond donors (Lipinski definition) is 2. The van der Waals surface area contributed by atoms with E-state index < -0.39 is 0 Å². The minimum absolute atomic E-state index is 0.478. The molecule has 0 aliphatic carbocycles. The molecule has 3 aromatic rings. The molecule has 0 amide bonds. The monoisotopic (exact) mass is 374 g/mol. The predicted molar refractivity (Wildman–Crippen MR) is 103 cm³/mol. The summed E-state index contributed by atoms with van der Waals surface area (Å²) in [7, 11) is 1.63. The van der Waals surface area contributed by atoms with Crippen molar-refractivity contribution < 1.29 is 4.74 Å². The van der Waals surface area contributed by atoms with Gasteiger partial charge in [-0.2, -0.15) is 4.98 Å². The van der Waals surface area contributed by atoms with Crippen LogP contribution >= 0.6 is 23.2 Å². The molecule has 2 N–H and O–H groups in total. The summed E-state index contributed by atoms with van der Waals surface area (Å²) in [6.07, 6.45) is 0. The zero-order chi connectivity index (χ0) is 17.8.